The minimum absolute atomic E-state index is 0.163. The Kier molecular flexibility index (Phi) is 3.08. The molecule has 0 aliphatic carbocycles. The van der Waals surface area contributed by atoms with Crippen LogP contribution >= 0.6 is 27.3 Å². The molecule has 15 heavy (non-hydrogen) atoms. The van der Waals surface area contributed by atoms with Crippen LogP contribution in [0, 0.1) is 0 Å². The highest BCUT2D eigenvalue weighted by Gasteiger charge is 2.09. The molecule has 4 nitrogen and oxygen atoms in total. The van der Waals surface area contributed by atoms with E-state index in [2.05, 4.69) is 31.2 Å². The van der Waals surface area contributed by atoms with Gasteiger partial charge in [0.05, 0.1) is 6.20 Å². The van der Waals surface area contributed by atoms with Crippen molar-refractivity contribution in [1.82, 2.24) is 9.97 Å². The smallest absolute Gasteiger partial charge is 0.267 e. The van der Waals surface area contributed by atoms with Crippen molar-refractivity contribution >= 4 is 38.9 Å². The minimum Gasteiger partial charge on any atom is -0.321 e. The summed E-state index contributed by atoms with van der Waals surface area (Å²) in [6, 6.07) is 3.46. The maximum Gasteiger partial charge on any atom is 0.267 e. The summed E-state index contributed by atoms with van der Waals surface area (Å²) in [4.78, 5) is 20.0. The number of rotatable bonds is 2. The monoisotopic (exact) mass is 283 g/mol. The lowest BCUT2D eigenvalue weighted by Gasteiger charge is -2.01. The highest BCUT2D eigenvalue weighted by molar-refractivity contribution is 9.11. The number of anilines is 1. The fraction of sp³-hybridized carbons (Fsp3) is 0. The van der Waals surface area contributed by atoms with Crippen molar-refractivity contribution in [1.29, 1.82) is 0 Å². The van der Waals surface area contributed by atoms with Gasteiger partial charge in [-0.3, -0.25) is 9.78 Å². The zero-order valence-corrected chi connectivity index (χ0v) is 9.88. The maximum atomic E-state index is 11.6. The van der Waals surface area contributed by atoms with Crippen LogP contribution in [0.5, 0.6) is 0 Å². The first kappa shape index (κ1) is 10.3. The van der Waals surface area contributed by atoms with Crippen molar-refractivity contribution in [3.8, 4) is 0 Å². The number of thiazole rings is 1. The third kappa shape index (κ3) is 2.60. The lowest BCUT2D eigenvalue weighted by molar-refractivity contribution is 0.103. The number of carbonyl (C=O) groups excluding carboxylic acids is 1. The number of nitrogens with zero attached hydrogens (tertiary/aromatic N) is 2. The van der Waals surface area contributed by atoms with Gasteiger partial charge in [-0.1, -0.05) is 0 Å². The van der Waals surface area contributed by atoms with Gasteiger partial charge in [-0.15, -0.1) is 11.3 Å². The van der Waals surface area contributed by atoms with Crippen LogP contribution in [0.25, 0.3) is 0 Å². The van der Waals surface area contributed by atoms with Crippen molar-refractivity contribution in [3.05, 3.63) is 39.5 Å². The summed E-state index contributed by atoms with van der Waals surface area (Å²) in [5.41, 5.74) is 0.722. The van der Waals surface area contributed by atoms with Gasteiger partial charge in [-0.2, -0.15) is 0 Å². The van der Waals surface area contributed by atoms with Gasteiger partial charge < -0.3 is 5.32 Å². The Morgan fingerprint density at radius 3 is 2.73 bits per heavy atom. The van der Waals surface area contributed by atoms with Gasteiger partial charge in [0, 0.05) is 18.1 Å². The molecule has 0 radical (unpaired) electrons. The Bertz CT molecular complexity index is 471. The molecule has 0 fully saturated rings. The number of hydrogen-bond donors (Lipinski definition) is 1. The standard InChI is InChI=1S/C9H6BrN3OS/c10-9-12-5-7(15-9)8(14)13-6-1-3-11-4-2-6/h1-5H,(H,11,13,14). The van der Waals surface area contributed by atoms with Crippen LogP contribution in [0.1, 0.15) is 9.67 Å². The molecule has 0 saturated heterocycles. The second-order valence-electron chi connectivity index (χ2n) is 2.67. The molecule has 0 bridgehead atoms. The van der Waals surface area contributed by atoms with E-state index in [1.54, 1.807) is 24.5 Å². The lowest BCUT2D eigenvalue weighted by atomic mass is 10.4. The quantitative estimate of drug-likeness (QED) is 0.922. The van der Waals surface area contributed by atoms with Gasteiger partial charge in [-0.25, -0.2) is 4.98 Å². The normalized spacial score (nSPS) is 9.93. The van der Waals surface area contributed by atoms with Gasteiger partial charge >= 0.3 is 0 Å². The molecule has 2 aromatic rings. The Morgan fingerprint density at radius 2 is 2.13 bits per heavy atom. The van der Waals surface area contributed by atoms with E-state index < -0.39 is 0 Å². The van der Waals surface area contributed by atoms with Gasteiger partial charge in [0.1, 0.15) is 4.88 Å². The third-order valence-corrected chi connectivity index (χ3v) is 3.11. The predicted octanol–water partition coefficient (Wildman–Crippen LogP) is 2.55. The maximum absolute atomic E-state index is 11.6. The molecule has 0 unspecified atom stereocenters. The van der Waals surface area contributed by atoms with E-state index in [9.17, 15) is 4.79 Å². The molecule has 6 heteroatoms. The SMILES string of the molecule is O=C(Nc1ccncc1)c1cnc(Br)s1. The van der Waals surface area contributed by atoms with Crippen molar-refractivity contribution in [3.63, 3.8) is 0 Å². The molecule has 0 aliphatic heterocycles. The van der Waals surface area contributed by atoms with E-state index >= 15 is 0 Å². The fourth-order valence-electron chi connectivity index (χ4n) is 0.986. The highest BCUT2D eigenvalue weighted by Crippen LogP contribution is 2.19. The molecule has 0 saturated carbocycles. The van der Waals surface area contributed by atoms with E-state index in [1.165, 1.54) is 17.5 Å². The van der Waals surface area contributed by atoms with E-state index in [1.807, 2.05) is 0 Å². The first-order valence-electron chi connectivity index (χ1n) is 4.08. The Labute approximate surface area is 98.5 Å². The van der Waals surface area contributed by atoms with Gasteiger partial charge in [0.15, 0.2) is 3.92 Å². The van der Waals surface area contributed by atoms with Crippen LogP contribution in [-0.4, -0.2) is 15.9 Å². The Morgan fingerprint density at radius 1 is 1.40 bits per heavy atom. The van der Waals surface area contributed by atoms with Gasteiger partial charge in [0.2, 0.25) is 0 Å². The molecule has 1 N–H and O–H groups in total. The first-order valence-corrected chi connectivity index (χ1v) is 5.69. The van der Waals surface area contributed by atoms with Crippen LogP contribution in [-0.2, 0) is 0 Å². The average molecular weight is 284 g/mol. The zero-order valence-electron chi connectivity index (χ0n) is 7.48. The molecule has 0 spiro atoms. The van der Waals surface area contributed by atoms with E-state index in [0.717, 1.165) is 5.69 Å². The average Bonchev–Trinajstić information content (AvgIpc) is 2.66. The molecule has 76 valence electrons. The summed E-state index contributed by atoms with van der Waals surface area (Å²) in [6.07, 6.45) is 4.78. The van der Waals surface area contributed by atoms with Crippen LogP contribution in [0.3, 0.4) is 0 Å². The second kappa shape index (κ2) is 4.50. The van der Waals surface area contributed by atoms with Gasteiger partial charge in [-0.05, 0) is 28.1 Å². The summed E-state index contributed by atoms with van der Waals surface area (Å²) in [5.74, 6) is -0.163. The summed E-state index contributed by atoms with van der Waals surface area (Å²) in [7, 11) is 0. The summed E-state index contributed by atoms with van der Waals surface area (Å²) < 4.78 is 0.697. The first-order chi connectivity index (χ1) is 7.25. The molecule has 0 aromatic carbocycles. The largest absolute Gasteiger partial charge is 0.321 e. The topological polar surface area (TPSA) is 54.9 Å². The van der Waals surface area contributed by atoms with Crippen molar-refractivity contribution in [2.75, 3.05) is 5.32 Å². The van der Waals surface area contributed by atoms with Crippen molar-refractivity contribution < 1.29 is 4.79 Å². The van der Waals surface area contributed by atoms with Crippen LogP contribution < -0.4 is 5.32 Å². The molecule has 1 amide bonds. The van der Waals surface area contributed by atoms with E-state index in [4.69, 9.17) is 0 Å². The Balaban J connectivity index is 2.11. The number of pyridine rings is 1. The number of aromatic nitrogens is 2. The summed E-state index contributed by atoms with van der Waals surface area (Å²) in [5, 5.41) is 2.74. The number of amides is 1. The molecule has 2 heterocycles. The predicted molar refractivity (Wildman–Crippen MR) is 62.0 cm³/mol. The molecular formula is C9H6BrN3OS. The Hall–Kier alpha value is -1.27. The van der Waals surface area contributed by atoms with Gasteiger partial charge in [0.25, 0.3) is 5.91 Å². The number of halogens is 1. The van der Waals surface area contributed by atoms with Crippen LogP contribution in [0.2, 0.25) is 0 Å². The summed E-state index contributed by atoms with van der Waals surface area (Å²) >= 11 is 4.50. The van der Waals surface area contributed by atoms with E-state index in [-0.39, 0.29) is 5.91 Å². The zero-order chi connectivity index (χ0) is 10.7. The van der Waals surface area contributed by atoms with E-state index in [0.29, 0.717) is 8.79 Å². The van der Waals surface area contributed by atoms with Crippen LogP contribution in [0.4, 0.5) is 5.69 Å². The third-order valence-electron chi connectivity index (χ3n) is 1.64. The number of hydrogen-bond acceptors (Lipinski definition) is 4. The molecule has 0 aliphatic rings. The second-order valence-corrected chi connectivity index (χ2v) is 4.97. The molecule has 2 rings (SSSR count). The molecular weight excluding hydrogens is 278 g/mol. The molecule has 0 atom stereocenters. The minimum atomic E-state index is -0.163. The fourth-order valence-corrected chi connectivity index (χ4v) is 2.15. The lowest BCUT2D eigenvalue weighted by Crippen LogP contribution is -2.09. The molecule has 2 aromatic heterocycles. The number of carbonyl (C=O) groups is 1. The highest BCUT2D eigenvalue weighted by atomic mass is 79.9. The number of nitrogens with one attached hydrogen (secondary N) is 1. The van der Waals surface area contributed by atoms with Crippen molar-refractivity contribution in [2.45, 2.75) is 0 Å². The van der Waals surface area contributed by atoms with Crippen LogP contribution in [0.15, 0.2) is 34.6 Å². The van der Waals surface area contributed by atoms with Crippen molar-refractivity contribution in [2.24, 2.45) is 0 Å². The summed E-state index contributed by atoms with van der Waals surface area (Å²) in [6.45, 7) is 0.